The lowest BCUT2D eigenvalue weighted by Gasteiger charge is -2.19. The largest absolute Gasteiger partial charge is 0.492 e. The molecule has 2 aliphatic heterocycles. The number of allylic oxidation sites excluding steroid dienone is 1. The van der Waals surface area contributed by atoms with Gasteiger partial charge in [-0.1, -0.05) is 18.2 Å². The first-order valence-corrected chi connectivity index (χ1v) is 7.10. The second kappa shape index (κ2) is 4.58. The van der Waals surface area contributed by atoms with E-state index in [0.717, 1.165) is 39.3 Å². The van der Waals surface area contributed by atoms with E-state index in [2.05, 4.69) is 6.08 Å². The summed E-state index contributed by atoms with van der Waals surface area (Å²) < 4.78 is 11.0. The number of ether oxygens (including phenoxy) is 2. The molecule has 0 amide bonds. The minimum atomic E-state index is -0.274. The summed E-state index contributed by atoms with van der Waals surface area (Å²) in [6, 6.07) is 4.03. The molecule has 0 saturated carbocycles. The van der Waals surface area contributed by atoms with Crippen molar-refractivity contribution >= 4 is 23.4 Å². The van der Waals surface area contributed by atoms with E-state index in [1.54, 1.807) is 6.08 Å². The average molecular weight is 282 g/mol. The van der Waals surface area contributed by atoms with E-state index in [1.165, 1.54) is 0 Å². The van der Waals surface area contributed by atoms with E-state index < -0.39 is 0 Å². The summed E-state index contributed by atoms with van der Waals surface area (Å²) in [6.45, 7) is 0.871. The molecule has 4 rings (SSSR count). The van der Waals surface area contributed by atoms with Crippen LogP contribution in [0.15, 0.2) is 23.8 Å². The van der Waals surface area contributed by atoms with Gasteiger partial charge in [0.2, 0.25) is 0 Å². The number of hydrogen-bond acceptors (Lipinski definition) is 4. The maximum Gasteiger partial charge on any atom is 0.310 e. The first-order chi connectivity index (χ1) is 10.2. The first-order valence-electron chi connectivity index (χ1n) is 7.10. The fraction of sp³-hybridized carbons (Fsp3) is 0.294. The fourth-order valence-corrected chi connectivity index (χ4v) is 3.18. The minimum Gasteiger partial charge on any atom is -0.492 e. The summed E-state index contributed by atoms with van der Waals surface area (Å²) in [4.78, 5) is 23.6. The van der Waals surface area contributed by atoms with Crippen molar-refractivity contribution in [3.63, 3.8) is 0 Å². The highest BCUT2D eigenvalue weighted by Crippen LogP contribution is 2.26. The van der Waals surface area contributed by atoms with Crippen LogP contribution < -0.4 is 15.2 Å². The van der Waals surface area contributed by atoms with E-state index in [1.807, 2.05) is 12.1 Å². The van der Waals surface area contributed by atoms with Gasteiger partial charge in [0, 0.05) is 29.2 Å². The molecule has 1 aliphatic carbocycles. The third kappa shape index (κ3) is 1.98. The molecular formula is C17H14O4. The standard InChI is InChI=1S/C17H14O4/c18-12-6-11-7-16(19)21-9-15(11)13-4-3-10-2-1-5-20-17(10)14(13)8-12/h2-4,6H,1,5,7-9H2. The van der Waals surface area contributed by atoms with Crippen LogP contribution in [0.1, 0.15) is 18.4 Å². The maximum atomic E-state index is 12.2. The van der Waals surface area contributed by atoms with Crippen LogP contribution in [-0.4, -0.2) is 25.0 Å². The summed E-state index contributed by atoms with van der Waals surface area (Å²) in [5.41, 5.74) is 2.65. The normalized spacial score (nSPS) is 20.0. The molecule has 0 spiro atoms. The van der Waals surface area contributed by atoms with Crippen molar-refractivity contribution in [2.24, 2.45) is 0 Å². The van der Waals surface area contributed by atoms with Crippen LogP contribution in [0.25, 0.3) is 11.6 Å². The Bertz CT molecular complexity index is 814. The van der Waals surface area contributed by atoms with Crippen LogP contribution in [0.4, 0.5) is 0 Å². The van der Waals surface area contributed by atoms with E-state index in [4.69, 9.17) is 9.47 Å². The number of fused-ring (bicyclic) bond motifs is 4. The zero-order valence-corrected chi connectivity index (χ0v) is 11.5. The van der Waals surface area contributed by atoms with Crippen molar-refractivity contribution in [1.29, 1.82) is 0 Å². The Morgan fingerprint density at radius 2 is 1.95 bits per heavy atom. The molecule has 0 atom stereocenters. The van der Waals surface area contributed by atoms with Crippen molar-refractivity contribution in [2.45, 2.75) is 19.3 Å². The molecule has 4 heteroatoms. The molecule has 1 fully saturated rings. The summed E-state index contributed by atoms with van der Waals surface area (Å²) in [5.74, 6) is 0.550. The van der Waals surface area contributed by atoms with E-state index in [-0.39, 0.29) is 24.8 Å². The van der Waals surface area contributed by atoms with Crippen molar-refractivity contribution in [2.75, 3.05) is 13.2 Å². The Labute approximate surface area is 121 Å². The van der Waals surface area contributed by atoms with E-state index in [0.29, 0.717) is 13.0 Å². The summed E-state index contributed by atoms with van der Waals surface area (Å²) in [7, 11) is 0. The molecule has 0 N–H and O–H groups in total. The number of benzene rings is 1. The maximum absolute atomic E-state index is 12.2. The molecule has 1 aromatic rings. The van der Waals surface area contributed by atoms with Gasteiger partial charge in [-0.25, -0.2) is 0 Å². The molecular weight excluding hydrogens is 268 g/mol. The quantitative estimate of drug-likeness (QED) is 0.646. The molecule has 0 aromatic heterocycles. The number of carbonyl (C=O) groups excluding carboxylic acids is 2. The predicted molar refractivity (Wildman–Crippen MR) is 76.0 cm³/mol. The Balaban J connectivity index is 2.04. The number of hydrogen-bond donors (Lipinski definition) is 0. The van der Waals surface area contributed by atoms with Gasteiger partial charge in [-0.2, -0.15) is 0 Å². The Kier molecular flexibility index (Phi) is 2.70. The highest BCUT2D eigenvalue weighted by atomic mass is 16.5. The highest BCUT2D eigenvalue weighted by molar-refractivity contribution is 5.99. The number of cyclic esters (lactones) is 1. The smallest absolute Gasteiger partial charge is 0.310 e. The number of rotatable bonds is 0. The highest BCUT2D eigenvalue weighted by Gasteiger charge is 2.26. The summed E-state index contributed by atoms with van der Waals surface area (Å²) in [6.07, 6.45) is 5.10. The lowest BCUT2D eigenvalue weighted by Crippen LogP contribution is -2.27. The lowest BCUT2D eigenvalue weighted by atomic mass is 9.97. The Morgan fingerprint density at radius 3 is 2.86 bits per heavy atom. The van der Waals surface area contributed by atoms with Crippen LogP contribution in [0.2, 0.25) is 0 Å². The third-order valence-electron chi connectivity index (χ3n) is 4.13. The molecule has 21 heavy (non-hydrogen) atoms. The van der Waals surface area contributed by atoms with Crippen LogP contribution in [0.5, 0.6) is 5.75 Å². The number of esters is 1. The van der Waals surface area contributed by atoms with Crippen molar-refractivity contribution in [3.05, 3.63) is 39.8 Å². The summed E-state index contributed by atoms with van der Waals surface area (Å²) >= 11 is 0. The lowest BCUT2D eigenvalue weighted by molar-refractivity contribution is -0.142. The Morgan fingerprint density at radius 1 is 1.05 bits per heavy atom. The van der Waals surface area contributed by atoms with Crippen molar-refractivity contribution in [1.82, 2.24) is 0 Å². The van der Waals surface area contributed by atoms with Gasteiger partial charge in [0.25, 0.3) is 0 Å². The zero-order valence-electron chi connectivity index (χ0n) is 11.5. The molecule has 0 radical (unpaired) electrons. The van der Waals surface area contributed by atoms with Gasteiger partial charge in [-0.3, -0.25) is 9.59 Å². The molecule has 106 valence electrons. The molecule has 4 nitrogen and oxygen atoms in total. The Hall–Kier alpha value is -2.36. The van der Waals surface area contributed by atoms with Gasteiger partial charge < -0.3 is 9.47 Å². The second-order valence-electron chi connectivity index (χ2n) is 5.48. The topological polar surface area (TPSA) is 52.6 Å². The van der Waals surface area contributed by atoms with Crippen LogP contribution in [0, 0.1) is 0 Å². The van der Waals surface area contributed by atoms with Crippen LogP contribution >= 0.6 is 0 Å². The SMILES string of the molecule is O=C1C=C2CC(=O)OCC2=c2ccc3c(c2C1)OCCC=3. The van der Waals surface area contributed by atoms with Gasteiger partial charge in [0.1, 0.15) is 12.4 Å². The molecule has 1 aromatic carbocycles. The molecule has 2 heterocycles. The monoisotopic (exact) mass is 282 g/mol. The van der Waals surface area contributed by atoms with E-state index in [9.17, 15) is 9.59 Å². The first kappa shape index (κ1) is 12.4. The zero-order chi connectivity index (χ0) is 14.4. The van der Waals surface area contributed by atoms with Crippen LogP contribution in [0.3, 0.4) is 0 Å². The van der Waals surface area contributed by atoms with Crippen molar-refractivity contribution in [3.8, 4) is 5.75 Å². The molecule has 3 aliphatic rings. The average Bonchev–Trinajstić information content (AvgIpc) is 2.62. The number of carbonyl (C=O) groups is 2. The van der Waals surface area contributed by atoms with Gasteiger partial charge in [0.15, 0.2) is 5.78 Å². The van der Waals surface area contributed by atoms with Gasteiger partial charge in [-0.05, 0) is 16.9 Å². The van der Waals surface area contributed by atoms with Crippen LogP contribution in [-0.2, 0) is 20.7 Å². The predicted octanol–water partition coefficient (Wildman–Crippen LogP) is 0.399. The minimum absolute atomic E-state index is 0.0125. The van der Waals surface area contributed by atoms with Crippen molar-refractivity contribution < 1.29 is 19.1 Å². The van der Waals surface area contributed by atoms with E-state index >= 15 is 0 Å². The second-order valence-corrected chi connectivity index (χ2v) is 5.48. The fourth-order valence-electron chi connectivity index (χ4n) is 3.18. The van der Waals surface area contributed by atoms with Gasteiger partial charge >= 0.3 is 5.97 Å². The molecule has 0 unspecified atom stereocenters. The molecule has 1 saturated heterocycles. The number of ketones is 1. The molecule has 0 bridgehead atoms. The third-order valence-corrected chi connectivity index (χ3v) is 4.13. The van der Waals surface area contributed by atoms with Gasteiger partial charge in [0.05, 0.1) is 13.0 Å². The van der Waals surface area contributed by atoms with Gasteiger partial charge in [-0.15, -0.1) is 0 Å². The summed E-state index contributed by atoms with van der Waals surface area (Å²) in [5, 5.41) is 2.03.